The van der Waals surface area contributed by atoms with Gasteiger partial charge in [-0.15, -0.1) is 0 Å². The van der Waals surface area contributed by atoms with Crippen molar-refractivity contribution >= 4 is 46.3 Å². The van der Waals surface area contributed by atoms with Crippen molar-refractivity contribution in [3.8, 4) is 16.9 Å². The number of hydrazine groups is 1. The lowest BCUT2D eigenvalue weighted by Gasteiger charge is -2.26. The Morgan fingerprint density at radius 2 is 1.68 bits per heavy atom. The molecule has 0 radical (unpaired) electrons. The van der Waals surface area contributed by atoms with Gasteiger partial charge < -0.3 is 19.0 Å². The number of halogens is 6. The number of hydrogen-bond acceptors (Lipinski definition) is 9. The van der Waals surface area contributed by atoms with Crippen LogP contribution in [0.15, 0.2) is 57.9 Å². The molecule has 2 N–H and O–H groups in total. The predicted molar refractivity (Wildman–Crippen MR) is 162 cm³/mol. The van der Waals surface area contributed by atoms with Gasteiger partial charge in [-0.3, -0.25) is 9.69 Å². The maximum atomic E-state index is 13.6. The van der Waals surface area contributed by atoms with E-state index in [-0.39, 0.29) is 62.4 Å². The number of nitrogens with zero attached hydrogens (tertiary/aromatic N) is 2. The number of benzene rings is 2. The van der Waals surface area contributed by atoms with Crippen LogP contribution in [0.3, 0.4) is 0 Å². The minimum Gasteiger partial charge on any atom is -0.492 e. The molecule has 0 aliphatic carbocycles. The topological polar surface area (TPSA) is 104 Å². The second-order valence-electron chi connectivity index (χ2n) is 10.3. The number of rotatable bonds is 10. The van der Waals surface area contributed by atoms with Crippen molar-refractivity contribution in [3.05, 3.63) is 81.6 Å². The van der Waals surface area contributed by atoms with Crippen LogP contribution < -0.4 is 10.2 Å². The van der Waals surface area contributed by atoms with Gasteiger partial charge in [-0.25, -0.2) is 15.2 Å². The summed E-state index contributed by atoms with van der Waals surface area (Å²) in [5, 5.41) is 10.1. The first-order valence-electron chi connectivity index (χ1n) is 13.9. The first kappa shape index (κ1) is 34.4. The largest absolute Gasteiger partial charge is 0.492 e. The number of carboxylic acids is 1. The van der Waals surface area contributed by atoms with E-state index in [1.54, 1.807) is 0 Å². The van der Waals surface area contributed by atoms with Crippen LogP contribution in [-0.2, 0) is 28.4 Å². The molecule has 2 saturated heterocycles. The molecule has 1 aromatic heterocycles. The van der Waals surface area contributed by atoms with Crippen molar-refractivity contribution in [2.75, 3.05) is 39.5 Å². The molecule has 2 fully saturated rings. The van der Waals surface area contributed by atoms with E-state index in [0.717, 1.165) is 16.8 Å². The summed E-state index contributed by atoms with van der Waals surface area (Å²) < 4.78 is 98.1. The molecule has 17 heteroatoms. The second-order valence-corrected chi connectivity index (χ2v) is 11.9. The van der Waals surface area contributed by atoms with Crippen molar-refractivity contribution in [2.45, 2.75) is 18.9 Å². The summed E-state index contributed by atoms with van der Waals surface area (Å²) in [5.41, 5.74) is -0.265. The number of furan rings is 1. The Bertz CT molecular complexity index is 1670. The van der Waals surface area contributed by atoms with Gasteiger partial charge in [0.05, 0.1) is 35.8 Å². The number of hydrogen-bond donors (Lipinski definition) is 2. The summed E-state index contributed by atoms with van der Waals surface area (Å²) in [7, 11) is 0. The van der Waals surface area contributed by atoms with Gasteiger partial charge in [0, 0.05) is 25.2 Å². The third-order valence-corrected chi connectivity index (χ3v) is 8.37. The van der Waals surface area contributed by atoms with Gasteiger partial charge in [0.15, 0.2) is 4.32 Å². The molecule has 250 valence electrons. The molecule has 47 heavy (non-hydrogen) atoms. The van der Waals surface area contributed by atoms with Crippen molar-refractivity contribution in [3.63, 3.8) is 0 Å². The third-order valence-electron chi connectivity index (χ3n) is 7.06. The van der Waals surface area contributed by atoms with Gasteiger partial charge >= 0.3 is 18.3 Å². The smallest absolute Gasteiger partial charge is 0.416 e. The lowest BCUT2D eigenvalue weighted by atomic mass is 9.97. The predicted octanol–water partition coefficient (Wildman–Crippen LogP) is 6.30. The van der Waals surface area contributed by atoms with Gasteiger partial charge in [-0.2, -0.15) is 26.3 Å². The summed E-state index contributed by atoms with van der Waals surface area (Å²) >= 11 is 6.23. The Kier molecular flexibility index (Phi) is 10.3. The molecule has 3 heterocycles. The van der Waals surface area contributed by atoms with E-state index < -0.39 is 35.4 Å². The van der Waals surface area contributed by atoms with E-state index in [1.807, 2.05) is 0 Å². The maximum Gasteiger partial charge on any atom is 0.416 e. The number of carbonyl (C=O) groups excluding carboxylic acids is 1. The van der Waals surface area contributed by atoms with Crippen LogP contribution in [0.4, 0.5) is 26.3 Å². The van der Waals surface area contributed by atoms with E-state index in [2.05, 4.69) is 10.3 Å². The van der Waals surface area contributed by atoms with Crippen LogP contribution in [0.5, 0.6) is 5.75 Å². The zero-order valence-corrected chi connectivity index (χ0v) is 25.7. The number of thiocarbonyl (C=S) groups is 1. The van der Waals surface area contributed by atoms with Crippen LogP contribution in [0, 0.1) is 0 Å². The fraction of sp³-hybridized carbons (Fsp3) is 0.300. The minimum atomic E-state index is -5.03. The summed E-state index contributed by atoms with van der Waals surface area (Å²) in [6.07, 6.45) is -8.68. The molecule has 0 saturated carbocycles. The standard InChI is InChI=1S/C30H25F6N3O6S2/c31-29(32,33)20-12-18(13-21(15-20)30(34,35)36)17-1-3-23(44-10-7-38-5-8-43-9-6-38)19(11-17)14-25-26(40)39(28(46)47-25)37-16-22-2-4-24(45-22)27(41)42/h1-4,11-15,37H,5-10,16H2,(H,41,42)/b25-14-. The normalized spacial score (nSPS) is 17.1. The van der Waals surface area contributed by atoms with Crippen LogP contribution in [0.1, 0.15) is 33.0 Å². The highest BCUT2D eigenvalue weighted by molar-refractivity contribution is 8.26. The maximum absolute atomic E-state index is 13.6. The first-order chi connectivity index (χ1) is 22.2. The fourth-order valence-electron chi connectivity index (χ4n) is 4.69. The molecular formula is C30H25F6N3O6S2. The molecule has 5 rings (SSSR count). The summed E-state index contributed by atoms with van der Waals surface area (Å²) in [5.74, 6) is -1.72. The minimum absolute atomic E-state index is 0.0223. The highest BCUT2D eigenvalue weighted by atomic mass is 32.2. The lowest BCUT2D eigenvalue weighted by Crippen LogP contribution is -2.40. The highest BCUT2D eigenvalue weighted by Gasteiger charge is 2.37. The SMILES string of the molecule is O=C(O)c1ccc(CNN2C(=O)/C(=C/c3cc(-c4cc(C(F)(F)F)cc(C(F)(F)F)c4)ccc3OCCN3CCOCC3)SC2=S)o1. The van der Waals surface area contributed by atoms with Crippen LogP contribution >= 0.6 is 24.0 Å². The Morgan fingerprint density at radius 1 is 1.00 bits per heavy atom. The van der Waals surface area contributed by atoms with Gasteiger partial charge in [0.2, 0.25) is 5.76 Å². The van der Waals surface area contributed by atoms with E-state index in [9.17, 15) is 35.9 Å². The average Bonchev–Trinajstić information content (AvgIpc) is 3.60. The summed E-state index contributed by atoms with van der Waals surface area (Å²) in [4.78, 5) is 26.6. The number of morpholine rings is 1. The molecule has 9 nitrogen and oxygen atoms in total. The number of alkyl halides is 6. The Morgan fingerprint density at radius 3 is 2.30 bits per heavy atom. The number of thioether (sulfide) groups is 1. The molecule has 0 bridgehead atoms. The van der Waals surface area contributed by atoms with Crippen molar-refractivity contribution in [2.24, 2.45) is 0 Å². The molecule has 3 aromatic rings. The van der Waals surface area contributed by atoms with Gasteiger partial charge in [0.25, 0.3) is 5.91 Å². The number of carboxylic acid groups (broad SMARTS) is 1. The van der Waals surface area contributed by atoms with Crippen molar-refractivity contribution in [1.29, 1.82) is 0 Å². The van der Waals surface area contributed by atoms with E-state index in [4.69, 9.17) is 31.2 Å². The van der Waals surface area contributed by atoms with E-state index in [1.165, 1.54) is 36.4 Å². The third kappa shape index (κ3) is 8.53. The summed E-state index contributed by atoms with van der Waals surface area (Å²) in [6, 6.07) is 8.07. The molecule has 1 amide bonds. The Labute approximate surface area is 273 Å². The highest BCUT2D eigenvalue weighted by Crippen LogP contribution is 2.40. The molecular weight excluding hydrogens is 676 g/mol. The molecule has 2 aromatic carbocycles. The molecule has 0 unspecified atom stereocenters. The molecule has 2 aliphatic rings. The summed E-state index contributed by atoms with van der Waals surface area (Å²) in [6.45, 7) is 3.15. The van der Waals surface area contributed by atoms with Crippen LogP contribution in [-0.4, -0.2) is 70.7 Å². The van der Waals surface area contributed by atoms with Crippen molar-refractivity contribution in [1.82, 2.24) is 15.3 Å². The van der Waals surface area contributed by atoms with E-state index >= 15 is 0 Å². The zero-order chi connectivity index (χ0) is 33.9. The Balaban J connectivity index is 1.45. The van der Waals surface area contributed by atoms with Gasteiger partial charge in [-0.1, -0.05) is 30.0 Å². The van der Waals surface area contributed by atoms with Crippen molar-refractivity contribution < 1.29 is 54.9 Å². The number of ether oxygens (including phenoxy) is 2. The van der Waals surface area contributed by atoms with Gasteiger partial charge in [0.1, 0.15) is 18.1 Å². The lowest BCUT2D eigenvalue weighted by molar-refractivity contribution is -0.143. The monoisotopic (exact) mass is 701 g/mol. The number of aromatic carboxylic acids is 1. The molecule has 0 spiro atoms. The Hall–Kier alpha value is -3.90. The quantitative estimate of drug-likeness (QED) is 0.142. The first-order valence-corrected chi connectivity index (χ1v) is 15.1. The second kappa shape index (κ2) is 14.1. The van der Waals surface area contributed by atoms with E-state index in [0.29, 0.717) is 45.0 Å². The number of amides is 1. The molecule has 2 aliphatic heterocycles. The van der Waals surface area contributed by atoms with Gasteiger partial charge in [-0.05, 0) is 59.7 Å². The number of carbonyl (C=O) groups is 2. The fourth-order valence-corrected chi connectivity index (χ4v) is 5.90. The molecule has 0 atom stereocenters. The van der Waals surface area contributed by atoms with Crippen LogP contribution in [0.2, 0.25) is 0 Å². The average molecular weight is 702 g/mol. The zero-order valence-electron chi connectivity index (χ0n) is 24.1. The number of nitrogens with one attached hydrogen (secondary N) is 1. The van der Waals surface area contributed by atoms with Crippen LogP contribution in [0.25, 0.3) is 17.2 Å².